The molecular weight excluding hydrogens is 494 g/mol. The van der Waals surface area contributed by atoms with Crippen LogP contribution in [0.2, 0.25) is 0 Å². The van der Waals surface area contributed by atoms with Crippen LogP contribution in [0, 0.1) is 0 Å². The number of aliphatic hydroxyl groups is 1. The minimum atomic E-state index is -0.616. The molecule has 1 amide bonds. The SMILES string of the molecule is CN(C1CCC(Oc2ccc3c(c2)OCCN(C[C@H](O)CN2CCc4ccccc4C2)C3=O)CC1)C1COC1. The molecule has 1 saturated heterocycles. The molecule has 1 N–H and O–H groups in total. The second-order valence-electron chi connectivity index (χ2n) is 11.6. The van der Waals surface area contributed by atoms with Crippen molar-refractivity contribution in [2.75, 3.05) is 53.0 Å². The summed E-state index contributed by atoms with van der Waals surface area (Å²) in [5, 5.41) is 10.9. The zero-order valence-electron chi connectivity index (χ0n) is 23.0. The number of β-amino-alcohol motifs (C(OH)–C–C–N with tert-alkyl or cyclic N) is 1. The summed E-state index contributed by atoms with van der Waals surface area (Å²) in [4.78, 5) is 19.9. The monoisotopic (exact) mass is 535 g/mol. The van der Waals surface area contributed by atoms with Crippen molar-refractivity contribution >= 4 is 5.91 Å². The van der Waals surface area contributed by atoms with E-state index in [9.17, 15) is 9.90 Å². The Kier molecular flexibility index (Phi) is 8.07. The van der Waals surface area contributed by atoms with E-state index in [0.29, 0.717) is 49.6 Å². The first kappa shape index (κ1) is 26.6. The summed E-state index contributed by atoms with van der Waals surface area (Å²) in [7, 11) is 2.22. The van der Waals surface area contributed by atoms with Crippen LogP contribution in [0.3, 0.4) is 0 Å². The lowest BCUT2D eigenvalue weighted by atomic mass is 9.91. The van der Waals surface area contributed by atoms with E-state index >= 15 is 0 Å². The van der Waals surface area contributed by atoms with Crippen LogP contribution >= 0.6 is 0 Å². The van der Waals surface area contributed by atoms with Crippen LogP contribution in [0.25, 0.3) is 0 Å². The number of fused-ring (bicyclic) bond motifs is 2. The van der Waals surface area contributed by atoms with Gasteiger partial charge < -0.3 is 24.2 Å². The van der Waals surface area contributed by atoms with Crippen LogP contribution in [-0.4, -0.2) is 103 Å². The molecule has 3 heterocycles. The number of carbonyl (C=O) groups excluding carboxylic acids is 1. The Morgan fingerprint density at radius 3 is 2.59 bits per heavy atom. The average Bonchev–Trinajstić information content (AvgIpc) is 3.06. The van der Waals surface area contributed by atoms with Crippen LogP contribution in [0.5, 0.6) is 11.5 Å². The van der Waals surface area contributed by atoms with Gasteiger partial charge in [0.05, 0.1) is 43.6 Å². The van der Waals surface area contributed by atoms with Gasteiger partial charge in [-0.2, -0.15) is 0 Å². The zero-order chi connectivity index (χ0) is 26.8. The van der Waals surface area contributed by atoms with E-state index in [0.717, 1.165) is 64.2 Å². The van der Waals surface area contributed by atoms with Gasteiger partial charge in [-0.15, -0.1) is 0 Å². The normalized spacial score (nSPS) is 24.8. The number of hydrogen-bond acceptors (Lipinski definition) is 7. The van der Waals surface area contributed by atoms with Gasteiger partial charge in [-0.1, -0.05) is 24.3 Å². The molecule has 0 aromatic heterocycles. The van der Waals surface area contributed by atoms with E-state index in [1.54, 1.807) is 4.90 Å². The first-order valence-electron chi connectivity index (χ1n) is 14.5. The number of nitrogens with zero attached hydrogens (tertiary/aromatic N) is 3. The third-order valence-electron chi connectivity index (χ3n) is 8.92. The van der Waals surface area contributed by atoms with Gasteiger partial charge in [0, 0.05) is 38.3 Å². The molecule has 0 bridgehead atoms. The predicted octanol–water partition coefficient (Wildman–Crippen LogP) is 2.96. The Morgan fingerprint density at radius 2 is 1.82 bits per heavy atom. The Bertz CT molecular complexity index is 1150. The van der Waals surface area contributed by atoms with E-state index in [-0.39, 0.29) is 12.0 Å². The van der Waals surface area contributed by atoms with Crippen molar-refractivity contribution in [2.45, 2.75) is 62.9 Å². The highest BCUT2D eigenvalue weighted by Gasteiger charge is 2.32. The van der Waals surface area contributed by atoms with Crippen LogP contribution in [0.4, 0.5) is 0 Å². The standard InChI is InChI=1S/C31H41N3O5/c1-32(25-20-37-21-25)24-6-8-27(9-7-24)39-28-10-11-29-30(16-28)38-15-14-34(31(29)36)19-26(35)18-33-13-12-22-4-2-3-5-23(22)17-33/h2-5,10-11,16,24-27,35H,6-9,12-15,17-21H2,1H3/t24?,26-,27?/m1/s1. The first-order chi connectivity index (χ1) is 19.0. The van der Waals surface area contributed by atoms with Crippen LogP contribution in [0.15, 0.2) is 42.5 Å². The van der Waals surface area contributed by atoms with Gasteiger partial charge in [0.1, 0.15) is 18.1 Å². The summed E-state index contributed by atoms with van der Waals surface area (Å²) < 4.78 is 17.7. The van der Waals surface area contributed by atoms with Crippen molar-refractivity contribution in [1.29, 1.82) is 0 Å². The molecule has 210 valence electrons. The molecule has 6 rings (SSSR count). The number of likely N-dealkylation sites (N-methyl/N-ethyl adjacent to an activating group) is 1. The highest BCUT2D eigenvalue weighted by atomic mass is 16.5. The van der Waals surface area contributed by atoms with Crippen molar-refractivity contribution in [3.05, 3.63) is 59.2 Å². The number of rotatable bonds is 8. The van der Waals surface area contributed by atoms with Crippen molar-refractivity contribution in [3.63, 3.8) is 0 Å². The summed E-state index contributed by atoms with van der Waals surface area (Å²) in [6.07, 6.45) is 4.85. The molecule has 2 fully saturated rings. The fraction of sp³-hybridized carbons (Fsp3) is 0.581. The molecule has 8 nitrogen and oxygen atoms in total. The largest absolute Gasteiger partial charge is 0.491 e. The van der Waals surface area contributed by atoms with E-state index in [4.69, 9.17) is 14.2 Å². The molecule has 4 aliphatic rings. The van der Waals surface area contributed by atoms with E-state index in [1.807, 2.05) is 18.2 Å². The Labute approximate surface area is 231 Å². The lowest BCUT2D eigenvalue weighted by Gasteiger charge is -2.42. The lowest BCUT2D eigenvalue weighted by Crippen LogP contribution is -2.52. The molecule has 0 unspecified atom stereocenters. The molecule has 2 aromatic carbocycles. The summed E-state index contributed by atoms with van der Waals surface area (Å²) >= 11 is 0. The maximum Gasteiger partial charge on any atom is 0.257 e. The Balaban J connectivity index is 1.01. The minimum absolute atomic E-state index is 0.0967. The summed E-state index contributed by atoms with van der Waals surface area (Å²) in [5.74, 6) is 1.23. The zero-order valence-corrected chi connectivity index (χ0v) is 23.0. The second-order valence-corrected chi connectivity index (χ2v) is 11.6. The number of aliphatic hydroxyl groups excluding tert-OH is 1. The highest BCUT2D eigenvalue weighted by molar-refractivity contribution is 5.97. The molecule has 0 radical (unpaired) electrons. The number of benzene rings is 2. The summed E-state index contributed by atoms with van der Waals surface area (Å²) in [6.45, 7) is 5.15. The molecule has 1 aliphatic carbocycles. The number of amides is 1. The summed E-state index contributed by atoms with van der Waals surface area (Å²) in [6, 6.07) is 15.2. The van der Waals surface area contributed by atoms with Gasteiger partial charge in [-0.25, -0.2) is 0 Å². The third-order valence-corrected chi connectivity index (χ3v) is 8.92. The van der Waals surface area contributed by atoms with Crippen molar-refractivity contribution < 1.29 is 24.1 Å². The molecule has 8 heteroatoms. The van der Waals surface area contributed by atoms with Crippen molar-refractivity contribution in [3.8, 4) is 11.5 Å². The topological polar surface area (TPSA) is 74.7 Å². The Hall–Kier alpha value is -2.65. The maximum absolute atomic E-state index is 13.4. The number of ether oxygens (including phenoxy) is 3. The van der Waals surface area contributed by atoms with Gasteiger partial charge in [-0.05, 0) is 62.4 Å². The van der Waals surface area contributed by atoms with Crippen LogP contribution < -0.4 is 9.47 Å². The van der Waals surface area contributed by atoms with Gasteiger partial charge in [-0.3, -0.25) is 14.6 Å². The van der Waals surface area contributed by atoms with Gasteiger partial charge in [0.2, 0.25) is 0 Å². The molecule has 39 heavy (non-hydrogen) atoms. The Morgan fingerprint density at radius 1 is 1.03 bits per heavy atom. The van der Waals surface area contributed by atoms with Crippen LogP contribution in [0.1, 0.15) is 47.2 Å². The smallest absolute Gasteiger partial charge is 0.257 e. The maximum atomic E-state index is 13.4. The van der Waals surface area contributed by atoms with Crippen molar-refractivity contribution in [1.82, 2.24) is 14.7 Å². The third kappa shape index (κ3) is 6.09. The highest BCUT2D eigenvalue weighted by Crippen LogP contribution is 2.32. The minimum Gasteiger partial charge on any atom is -0.491 e. The van der Waals surface area contributed by atoms with Gasteiger partial charge >= 0.3 is 0 Å². The second kappa shape index (κ2) is 11.8. The lowest BCUT2D eigenvalue weighted by molar-refractivity contribution is -0.0765. The molecule has 0 spiro atoms. The van der Waals surface area contributed by atoms with Gasteiger partial charge in [0.15, 0.2) is 0 Å². The van der Waals surface area contributed by atoms with Crippen LogP contribution in [-0.2, 0) is 17.7 Å². The number of hydrogen-bond donors (Lipinski definition) is 1. The van der Waals surface area contributed by atoms with E-state index in [1.165, 1.54) is 11.1 Å². The van der Waals surface area contributed by atoms with E-state index in [2.05, 4.69) is 41.1 Å². The number of carbonyl (C=O) groups is 1. The van der Waals surface area contributed by atoms with Crippen molar-refractivity contribution in [2.24, 2.45) is 0 Å². The predicted molar refractivity (Wildman–Crippen MR) is 148 cm³/mol. The summed E-state index contributed by atoms with van der Waals surface area (Å²) in [5.41, 5.74) is 3.25. The fourth-order valence-corrected chi connectivity index (χ4v) is 6.42. The fourth-order valence-electron chi connectivity index (χ4n) is 6.42. The molecule has 1 saturated carbocycles. The van der Waals surface area contributed by atoms with E-state index < -0.39 is 6.10 Å². The van der Waals surface area contributed by atoms with Gasteiger partial charge in [0.25, 0.3) is 5.91 Å². The molecule has 3 aliphatic heterocycles. The quantitative estimate of drug-likeness (QED) is 0.557. The molecule has 1 atom stereocenters. The molecule has 2 aromatic rings. The first-order valence-corrected chi connectivity index (χ1v) is 14.5. The molecular formula is C31H41N3O5. The average molecular weight is 536 g/mol.